The van der Waals surface area contributed by atoms with E-state index < -0.39 is 29.1 Å². The van der Waals surface area contributed by atoms with Gasteiger partial charge in [0.15, 0.2) is 0 Å². The Morgan fingerprint density at radius 3 is 2.53 bits per heavy atom. The largest absolute Gasteiger partial charge is 0.356 e. The molecule has 1 aromatic carbocycles. The van der Waals surface area contributed by atoms with Gasteiger partial charge in [-0.15, -0.1) is 0 Å². The minimum absolute atomic E-state index is 0.0995. The van der Waals surface area contributed by atoms with Crippen molar-refractivity contribution in [2.75, 3.05) is 5.32 Å². The fourth-order valence-electron chi connectivity index (χ4n) is 6.56. The van der Waals surface area contributed by atoms with Crippen LogP contribution in [0.15, 0.2) is 30.4 Å². The molecule has 2 saturated heterocycles. The smallest absolute Gasteiger partial charge is 0.246 e. The minimum Gasteiger partial charge on any atom is -0.356 e. The second-order valence-corrected chi connectivity index (χ2v) is 11.6. The van der Waals surface area contributed by atoms with Gasteiger partial charge < -0.3 is 20.3 Å². The number of ether oxygens (including phenoxy) is 1. The fraction of sp³-hybridized carbons (Fsp3) is 0.593. The molecule has 3 amide bonds. The molecule has 5 rings (SSSR count). The lowest BCUT2D eigenvalue weighted by atomic mass is 9.70. The number of carbonyl (C=O) groups is 3. The number of amides is 3. The highest BCUT2D eigenvalue weighted by Gasteiger charge is 2.76. The minimum atomic E-state index is -1.19. The average molecular weight is 534 g/mol. The molecule has 2 N–H and O–H groups in total. The van der Waals surface area contributed by atoms with E-state index in [2.05, 4.69) is 10.6 Å². The first-order valence-electron chi connectivity index (χ1n) is 12.9. The van der Waals surface area contributed by atoms with Crippen molar-refractivity contribution in [3.05, 3.63) is 40.4 Å². The van der Waals surface area contributed by atoms with Crippen LogP contribution in [0.2, 0.25) is 10.0 Å². The van der Waals surface area contributed by atoms with Crippen molar-refractivity contribution in [1.29, 1.82) is 0 Å². The monoisotopic (exact) mass is 533 g/mol. The lowest BCUT2D eigenvalue weighted by Crippen LogP contribution is -2.58. The average Bonchev–Trinajstić information content (AvgIpc) is 3.42. The van der Waals surface area contributed by atoms with Gasteiger partial charge in [0.25, 0.3) is 0 Å². The maximum absolute atomic E-state index is 14.0. The summed E-state index contributed by atoms with van der Waals surface area (Å²) in [6, 6.07) is 3.94. The van der Waals surface area contributed by atoms with Crippen LogP contribution < -0.4 is 10.6 Å². The second kappa shape index (κ2) is 9.34. The van der Waals surface area contributed by atoms with Gasteiger partial charge in [-0.2, -0.15) is 0 Å². The molecule has 6 atom stereocenters. The number of benzene rings is 1. The van der Waals surface area contributed by atoms with Crippen LogP contribution in [0.4, 0.5) is 5.69 Å². The molecule has 194 valence electrons. The molecule has 2 bridgehead atoms. The topological polar surface area (TPSA) is 87.7 Å². The quantitative estimate of drug-likeness (QED) is 0.518. The molecule has 3 aliphatic heterocycles. The Kier molecular flexibility index (Phi) is 6.63. The summed E-state index contributed by atoms with van der Waals surface area (Å²) in [6.45, 7) is 5.75. The summed E-state index contributed by atoms with van der Waals surface area (Å²) in [5, 5.41) is 6.81. The van der Waals surface area contributed by atoms with Crippen molar-refractivity contribution < 1.29 is 19.1 Å². The molecule has 3 fully saturated rings. The SMILES string of the molecule is CC[C@H](C)N1C(=O)[C@@H]2[C@H](C(=O)Nc3ccc(Cl)c(Cl)c3)[C@]3(C)C=C[C@@]2(O3)[C@H]1C(=O)NC1CCCCC1. The van der Waals surface area contributed by atoms with Gasteiger partial charge in [0.2, 0.25) is 17.7 Å². The van der Waals surface area contributed by atoms with Crippen LogP contribution in [0.1, 0.15) is 59.3 Å². The Hall–Kier alpha value is -2.09. The van der Waals surface area contributed by atoms with Crippen LogP contribution in [0, 0.1) is 11.8 Å². The summed E-state index contributed by atoms with van der Waals surface area (Å²) in [7, 11) is 0. The summed E-state index contributed by atoms with van der Waals surface area (Å²) < 4.78 is 6.56. The standard InChI is InChI=1S/C27H33Cl2N3O4/c1-4-15(2)32-22(24(34)30-16-8-6-5-7-9-16)27-13-12-26(3,36-27)20(21(27)25(32)35)23(33)31-17-10-11-18(28)19(29)14-17/h10-16,20-22H,4-9H2,1-3H3,(H,30,34)(H,31,33)/t15-,20+,21-,22+,26-,27-/m0/s1. The molecular formula is C27H33Cl2N3O4. The predicted octanol–water partition coefficient (Wildman–Crippen LogP) is 4.72. The third kappa shape index (κ3) is 3.95. The zero-order valence-corrected chi connectivity index (χ0v) is 22.4. The second-order valence-electron chi connectivity index (χ2n) is 10.8. The molecule has 1 aliphatic carbocycles. The molecule has 3 heterocycles. The van der Waals surface area contributed by atoms with E-state index in [-0.39, 0.29) is 29.8 Å². The van der Waals surface area contributed by atoms with E-state index >= 15 is 0 Å². The molecule has 4 aliphatic rings. The van der Waals surface area contributed by atoms with Crippen molar-refractivity contribution in [2.45, 2.75) is 88.6 Å². The van der Waals surface area contributed by atoms with E-state index in [1.807, 2.05) is 32.9 Å². The number of fused-ring (bicyclic) bond motifs is 1. The Labute approximate surface area is 221 Å². The third-order valence-electron chi connectivity index (χ3n) is 8.47. The highest BCUT2D eigenvalue weighted by molar-refractivity contribution is 6.42. The maximum Gasteiger partial charge on any atom is 0.246 e. The number of carbonyl (C=O) groups excluding carboxylic acids is 3. The molecule has 9 heteroatoms. The predicted molar refractivity (Wildman–Crippen MR) is 139 cm³/mol. The normalized spacial score (nSPS) is 34.1. The zero-order chi connectivity index (χ0) is 25.8. The number of halogens is 2. The number of likely N-dealkylation sites (tertiary alicyclic amines) is 1. The van der Waals surface area contributed by atoms with Crippen LogP contribution in [-0.2, 0) is 19.1 Å². The van der Waals surface area contributed by atoms with E-state index in [4.69, 9.17) is 27.9 Å². The van der Waals surface area contributed by atoms with Crippen molar-refractivity contribution in [2.24, 2.45) is 11.8 Å². The number of hydrogen-bond acceptors (Lipinski definition) is 4. The first-order chi connectivity index (χ1) is 17.1. The Morgan fingerprint density at radius 2 is 1.86 bits per heavy atom. The lowest BCUT2D eigenvalue weighted by Gasteiger charge is -2.37. The Morgan fingerprint density at radius 1 is 1.14 bits per heavy atom. The maximum atomic E-state index is 14.0. The first-order valence-corrected chi connectivity index (χ1v) is 13.7. The molecule has 36 heavy (non-hydrogen) atoms. The fourth-order valence-corrected chi connectivity index (χ4v) is 6.86. The molecule has 0 aromatic heterocycles. The van der Waals surface area contributed by atoms with Gasteiger partial charge in [0, 0.05) is 17.8 Å². The molecule has 1 spiro atoms. The van der Waals surface area contributed by atoms with Gasteiger partial charge in [0.05, 0.1) is 27.5 Å². The molecule has 0 unspecified atom stereocenters. The Bertz CT molecular complexity index is 1120. The number of rotatable bonds is 6. The molecule has 0 radical (unpaired) electrons. The van der Waals surface area contributed by atoms with Crippen LogP contribution in [0.25, 0.3) is 0 Å². The van der Waals surface area contributed by atoms with E-state index in [0.29, 0.717) is 22.2 Å². The Balaban J connectivity index is 1.48. The van der Waals surface area contributed by atoms with E-state index in [9.17, 15) is 14.4 Å². The lowest BCUT2D eigenvalue weighted by molar-refractivity contribution is -0.146. The summed E-state index contributed by atoms with van der Waals surface area (Å²) >= 11 is 12.2. The third-order valence-corrected chi connectivity index (χ3v) is 9.21. The zero-order valence-electron chi connectivity index (χ0n) is 20.9. The molecule has 1 aromatic rings. The molecule has 7 nitrogen and oxygen atoms in total. The highest BCUT2D eigenvalue weighted by Crippen LogP contribution is 2.60. The van der Waals surface area contributed by atoms with E-state index in [0.717, 1.165) is 25.7 Å². The first kappa shape index (κ1) is 25.6. The van der Waals surface area contributed by atoms with Gasteiger partial charge in [-0.3, -0.25) is 14.4 Å². The molecule has 1 saturated carbocycles. The summed E-state index contributed by atoms with van der Waals surface area (Å²) in [4.78, 5) is 43.1. The van der Waals surface area contributed by atoms with Crippen LogP contribution in [0.3, 0.4) is 0 Å². The van der Waals surface area contributed by atoms with Crippen molar-refractivity contribution >= 4 is 46.6 Å². The van der Waals surface area contributed by atoms with Crippen molar-refractivity contribution in [1.82, 2.24) is 10.2 Å². The van der Waals surface area contributed by atoms with Crippen LogP contribution in [0.5, 0.6) is 0 Å². The van der Waals surface area contributed by atoms with Gasteiger partial charge in [-0.1, -0.05) is 61.5 Å². The summed E-state index contributed by atoms with van der Waals surface area (Å²) in [5.41, 5.74) is -1.71. The highest BCUT2D eigenvalue weighted by atomic mass is 35.5. The van der Waals surface area contributed by atoms with Gasteiger partial charge in [0.1, 0.15) is 11.6 Å². The number of nitrogens with zero attached hydrogens (tertiary/aromatic N) is 1. The molecular weight excluding hydrogens is 501 g/mol. The van der Waals surface area contributed by atoms with Crippen molar-refractivity contribution in [3.8, 4) is 0 Å². The van der Waals surface area contributed by atoms with Gasteiger partial charge in [-0.05, 0) is 51.3 Å². The summed E-state index contributed by atoms with van der Waals surface area (Å²) in [6.07, 6.45) is 9.61. The number of nitrogens with one attached hydrogen (secondary N) is 2. The van der Waals surface area contributed by atoms with Crippen molar-refractivity contribution in [3.63, 3.8) is 0 Å². The van der Waals surface area contributed by atoms with Gasteiger partial charge in [-0.25, -0.2) is 0 Å². The van der Waals surface area contributed by atoms with Crippen LogP contribution in [-0.4, -0.2) is 51.9 Å². The number of hydrogen-bond donors (Lipinski definition) is 2. The van der Waals surface area contributed by atoms with Crippen LogP contribution >= 0.6 is 23.2 Å². The van der Waals surface area contributed by atoms with E-state index in [1.54, 1.807) is 23.1 Å². The van der Waals surface area contributed by atoms with Gasteiger partial charge >= 0.3 is 0 Å². The van der Waals surface area contributed by atoms with E-state index in [1.165, 1.54) is 6.42 Å². The summed E-state index contributed by atoms with van der Waals surface area (Å²) in [5.74, 6) is -2.36. The number of anilines is 1.